The number of fused-ring (bicyclic) bond motifs is 1. The Bertz CT molecular complexity index is 432. The summed E-state index contributed by atoms with van der Waals surface area (Å²) < 4.78 is 7.35. The van der Waals surface area contributed by atoms with Crippen LogP contribution in [0.25, 0.3) is 11.6 Å². The van der Waals surface area contributed by atoms with Gasteiger partial charge in [-0.05, 0) is 12.1 Å². The third-order valence-corrected chi connectivity index (χ3v) is 2.30. The van der Waals surface area contributed by atoms with E-state index in [2.05, 4.69) is 20.1 Å². The number of hydrogen-bond donors (Lipinski definition) is 0. The molecule has 1 aliphatic heterocycles. The molecule has 0 saturated carbocycles. The highest BCUT2D eigenvalue weighted by atomic mass is 16.3. The molecule has 0 fully saturated rings. The van der Waals surface area contributed by atoms with Crippen LogP contribution in [-0.2, 0) is 13.1 Å². The highest BCUT2D eigenvalue weighted by Crippen LogP contribution is 2.19. The minimum Gasteiger partial charge on any atom is -0.461 e. The fourth-order valence-corrected chi connectivity index (χ4v) is 1.63. The molecular weight excluding hydrogens is 180 g/mol. The Labute approximate surface area is 80.7 Å². The van der Waals surface area contributed by atoms with E-state index in [1.165, 1.54) is 0 Å². The molecule has 1 radical (unpaired) electrons. The molecule has 1 aliphatic rings. The van der Waals surface area contributed by atoms with Crippen LogP contribution in [-0.4, -0.2) is 21.3 Å². The van der Waals surface area contributed by atoms with Crippen molar-refractivity contribution in [2.75, 3.05) is 6.54 Å². The van der Waals surface area contributed by atoms with Gasteiger partial charge in [0.05, 0.1) is 12.8 Å². The zero-order chi connectivity index (χ0) is 9.38. The first-order valence-corrected chi connectivity index (χ1v) is 4.54. The maximum atomic E-state index is 5.29. The van der Waals surface area contributed by atoms with E-state index in [1.807, 2.05) is 12.1 Å². The maximum absolute atomic E-state index is 5.29. The second-order valence-corrected chi connectivity index (χ2v) is 3.17. The zero-order valence-electron chi connectivity index (χ0n) is 7.55. The van der Waals surface area contributed by atoms with E-state index in [0.717, 1.165) is 30.5 Å². The molecular formula is C9H9N4O. The number of nitrogens with zero attached hydrogens (tertiary/aromatic N) is 4. The van der Waals surface area contributed by atoms with Crippen LogP contribution in [0.4, 0.5) is 0 Å². The third-order valence-electron chi connectivity index (χ3n) is 2.30. The summed E-state index contributed by atoms with van der Waals surface area (Å²) >= 11 is 0. The molecule has 5 heteroatoms. The third kappa shape index (κ3) is 1.06. The van der Waals surface area contributed by atoms with Crippen molar-refractivity contribution in [1.29, 1.82) is 0 Å². The Morgan fingerprint density at radius 3 is 3.21 bits per heavy atom. The molecule has 2 aromatic heterocycles. The van der Waals surface area contributed by atoms with E-state index >= 15 is 0 Å². The van der Waals surface area contributed by atoms with Gasteiger partial charge in [0.15, 0.2) is 11.6 Å². The first-order valence-electron chi connectivity index (χ1n) is 4.54. The first kappa shape index (κ1) is 7.75. The number of aromatic nitrogens is 3. The molecule has 0 bridgehead atoms. The van der Waals surface area contributed by atoms with Gasteiger partial charge in [-0.2, -0.15) is 0 Å². The molecule has 0 aromatic carbocycles. The molecule has 0 N–H and O–H groups in total. The average Bonchev–Trinajstić information content (AvgIpc) is 2.85. The summed E-state index contributed by atoms with van der Waals surface area (Å²) in [7, 11) is 0. The van der Waals surface area contributed by atoms with E-state index in [-0.39, 0.29) is 0 Å². The van der Waals surface area contributed by atoms with Crippen molar-refractivity contribution in [3.8, 4) is 11.6 Å². The highest BCUT2D eigenvalue weighted by molar-refractivity contribution is 5.46. The summed E-state index contributed by atoms with van der Waals surface area (Å²) in [6.45, 7) is 2.34. The smallest absolute Gasteiger partial charge is 0.199 e. The number of furan rings is 1. The van der Waals surface area contributed by atoms with Crippen molar-refractivity contribution in [2.24, 2.45) is 0 Å². The quantitative estimate of drug-likeness (QED) is 0.662. The van der Waals surface area contributed by atoms with Crippen molar-refractivity contribution in [3.63, 3.8) is 0 Å². The lowest BCUT2D eigenvalue weighted by Crippen LogP contribution is -2.23. The lowest BCUT2D eigenvalue weighted by Gasteiger charge is -2.13. The molecule has 0 atom stereocenters. The van der Waals surface area contributed by atoms with Gasteiger partial charge in [0.2, 0.25) is 0 Å². The van der Waals surface area contributed by atoms with Gasteiger partial charge in [-0.1, -0.05) is 0 Å². The van der Waals surface area contributed by atoms with E-state index < -0.39 is 0 Å². The second-order valence-electron chi connectivity index (χ2n) is 3.17. The summed E-state index contributed by atoms with van der Waals surface area (Å²) in [5, 5.41) is 12.4. The molecule has 3 rings (SSSR count). The Kier molecular flexibility index (Phi) is 1.63. The van der Waals surface area contributed by atoms with E-state index in [0.29, 0.717) is 6.54 Å². The normalized spacial score (nSPS) is 15.4. The monoisotopic (exact) mass is 189 g/mol. The highest BCUT2D eigenvalue weighted by Gasteiger charge is 2.18. The van der Waals surface area contributed by atoms with Crippen molar-refractivity contribution >= 4 is 0 Å². The van der Waals surface area contributed by atoms with Gasteiger partial charge in [-0.15, -0.1) is 10.2 Å². The fraction of sp³-hybridized carbons (Fsp3) is 0.333. The van der Waals surface area contributed by atoms with Crippen LogP contribution in [0.15, 0.2) is 22.8 Å². The second kappa shape index (κ2) is 2.95. The standard InChI is InChI=1S/C9H9N4O/c1-2-7(14-5-1)9-12-11-8-6-10-3-4-13(8)9/h1-2,5H,3-4,6H2. The summed E-state index contributed by atoms with van der Waals surface area (Å²) in [6, 6.07) is 3.74. The largest absolute Gasteiger partial charge is 0.461 e. The van der Waals surface area contributed by atoms with Crippen LogP contribution in [0.2, 0.25) is 0 Å². The number of hydrogen-bond acceptors (Lipinski definition) is 3. The molecule has 5 nitrogen and oxygen atoms in total. The Hall–Kier alpha value is -1.62. The van der Waals surface area contributed by atoms with Crippen LogP contribution in [0.5, 0.6) is 0 Å². The van der Waals surface area contributed by atoms with Crippen LogP contribution < -0.4 is 5.32 Å². The van der Waals surface area contributed by atoms with Gasteiger partial charge in [0.1, 0.15) is 5.82 Å². The topological polar surface area (TPSA) is 58.0 Å². The van der Waals surface area contributed by atoms with Crippen molar-refractivity contribution in [1.82, 2.24) is 20.1 Å². The van der Waals surface area contributed by atoms with Gasteiger partial charge in [-0.3, -0.25) is 0 Å². The lowest BCUT2D eigenvalue weighted by atomic mass is 10.3. The van der Waals surface area contributed by atoms with Gasteiger partial charge >= 0.3 is 0 Å². The summed E-state index contributed by atoms with van der Waals surface area (Å²) in [4.78, 5) is 0. The average molecular weight is 189 g/mol. The van der Waals surface area contributed by atoms with Gasteiger partial charge in [0, 0.05) is 13.1 Å². The molecule has 0 amide bonds. The summed E-state index contributed by atoms with van der Waals surface area (Å²) in [5.74, 6) is 2.49. The van der Waals surface area contributed by atoms with E-state index in [1.54, 1.807) is 6.26 Å². The van der Waals surface area contributed by atoms with Crippen LogP contribution in [0, 0.1) is 0 Å². The van der Waals surface area contributed by atoms with Crippen LogP contribution in [0.1, 0.15) is 5.82 Å². The molecule has 3 heterocycles. The molecule has 14 heavy (non-hydrogen) atoms. The fourth-order valence-electron chi connectivity index (χ4n) is 1.63. The van der Waals surface area contributed by atoms with E-state index in [9.17, 15) is 0 Å². The molecule has 2 aromatic rings. The predicted molar refractivity (Wildman–Crippen MR) is 48.4 cm³/mol. The van der Waals surface area contributed by atoms with E-state index in [4.69, 9.17) is 4.42 Å². The van der Waals surface area contributed by atoms with Crippen LogP contribution in [0.3, 0.4) is 0 Å². The van der Waals surface area contributed by atoms with Crippen molar-refractivity contribution in [2.45, 2.75) is 13.1 Å². The van der Waals surface area contributed by atoms with Gasteiger partial charge in [0.25, 0.3) is 0 Å². The molecule has 0 spiro atoms. The summed E-state index contributed by atoms with van der Waals surface area (Å²) in [6.07, 6.45) is 1.64. The van der Waals surface area contributed by atoms with Crippen molar-refractivity contribution in [3.05, 3.63) is 24.2 Å². The Morgan fingerprint density at radius 2 is 2.36 bits per heavy atom. The Morgan fingerprint density at radius 1 is 1.36 bits per heavy atom. The number of rotatable bonds is 1. The SMILES string of the molecule is c1coc(-c2nnc3n2CC[N]C3)c1. The zero-order valence-corrected chi connectivity index (χ0v) is 7.55. The molecule has 0 unspecified atom stereocenters. The van der Waals surface area contributed by atoms with Gasteiger partial charge < -0.3 is 8.98 Å². The summed E-state index contributed by atoms with van der Waals surface area (Å²) in [5.41, 5.74) is 0. The molecule has 0 saturated heterocycles. The Balaban J connectivity index is 2.11. The van der Waals surface area contributed by atoms with Gasteiger partial charge in [-0.25, -0.2) is 5.32 Å². The van der Waals surface area contributed by atoms with Crippen molar-refractivity contribution < 1.29 is 4.42 Å². The van der Waals surface area contributed by atoms with Crippen LogP contribution >= 0.6 is 0 Å². The molecule has 0 aliphatic carbocycles. The predicted octanol–water partition coefficient (Wildman–Crippen LogP) is 0.656. The first-order chi connectivity index (χ1) is 6.95. The minimum absolute atomic E-state index is 0.660. The molecule has 71 valence electrons. The maximum Gasteiger partial charge on any atom is 0.199 e. The lowest BCUT2D eigenvalue weighted by molar-refractivity contribution is 0.493. The minimum atomic E-state index is 0.660.